The molecule has 0 saturated carbocycles. The summed E-state index contributed by atoms with van der Waals surface area (Å²) in [5.74, 6) is 0.264. The number of nitrogens with one attached hydrogen (secondary N) is 1. The fraction of sp³-hybridized carbons (Fsp3) is 0.333. The molecule has 2 heterocycles. The van der Waals surface area contributed by atoms with Crippen LogP contribution in [0.1, 0.15) is 11.1 Å². The Morgan fingerprint density at radius 3 is 2.66 bits per heavy atom. The van der Waals surface area contributed by atoms with Gasteiger partial charge in [0.2, 0.25) is 5.91 Å². The third-order valence-corrected chi connectivity index (χ3v) is 8.02. The van der Waals surface area contributed by atoms with E-state index in [0.717, 1.165) is 22.5 Å². The average molecular weight is 430 g/mol. The predicted molar refractivity (Wildman–Crippen MR) is 120 cm³/mol. The molecule has 0 aromatic heterocycles. The third kappa shape index (κ3) is 4.18. The number of amides is 1. The first-order valence-electron chi connectivity index (χ1n) is 9.45. The van der Waals surface area contributed by atoms with Crippen LogP contribution < -0.4 is 10.2 Å². The monoisotopic (exact) mass is 429 g/mol. The van der Waals surface area contributed by atoms with Gasteiger partial charge in [0.05, 0.1) is 29.3 Å². The first kappa shape index (κ1) is 20.0. The number of nitrogens with zero attached hydrogens (tertiary/aromatic N) is 2. The summed E-state index contributed by atoms with van der Waals surface area (Å²) < 4.78 is 24.2. The zero-order valence-electron chi connectivity index (χ0n) is 16.3. The van der Waals surface area contributed by atoms with Gasteiger partial charge in [0, 0.05) is 11.4 Å². The van der Waals surface area contributed by atoms with Gasteiger partial charge in [-0.3, -0.25) is 9.79 Å². The molecule has 29 heavy (non-hydrogen) atoms. The fourth-order valence-corrected chi connectivity index (χ4v) is 6.49. The Labute approximate surface area is 175 Å². The molecule has 0 radical (unpaired) electrons. The maximum Gasteiger partial charge on any atom is 0.234 e. The Balaban J connectivity index is 1.49. The van der Waals surface area contributed by atoms with Crippen molar-refractivity contribution in [3.8, 4) is 0 Å². The van der Waals surface area contributed by atoms with E-state index in [4.69, 9.17) is 0 Å². The van der Waals surface area contributed by atoms with Crippen LogP contribution in [0.2, 0.25) is 0 Å². The van der Waals surface area contributed by atoms with Gasteiger partial charge in [0.25, 0.3) is 0 Å². The molecule has 4 rings (SSSR count). The second kappa shape index (κ2) is 7.84. The van der Waals surface area contributed by atoms with Crippen LogP contribution in [-0.4, -0.2) is 48.8 Å². The highest BCUT2D eigenvalue weighted by molar-refractivity contribution is 8.14. The van der Waals surface area contributed by atoms with E-state index < -0.39 is 9.84 Å². The molecule has 2 aliphatic rings. The standard InChI is InChI=1S/C21H23N3O3S2/c1-14-7-6-10-17(15(14)2)22-20(25)11-28-21-23-18-12-29(26,27)13-19(18)24(21)16-8-4-3-5-9-16/h3-10,18-19H,11-13H2,1-2H3,(H,22,25)/t18-,19-/m1/s1. The number of aryl methyl sites for hydroxylation is 1. The van der Waals surface area contributed by atoms with Gasteiger partial charge in [0.1, 0.15) is 0 Å². The number of anilines is 2. The van der Waals surface area contributed by atoms with Crippen LogP contribution in [0.3, 0.4) is 0 Å². The highest BCUT2D eigenvalue weighted by atomic mass is 32.2. The van der Waals surface area contributed by atoms with Crippen molar-refractivity contribution in [3.63, 3.8) is 0 Å². The molecule has 2 atom stereocenters. The molecule has 1 amide bonds. The number of hydrogen-bond donors (Lipinski definition) is 1. The number of rotatable bonds is 4. The molecule has 0 bridgehead atoms. The van der Waals surface area contributed by atoms with Gasteiger partial charge in [-0.05, 0) is 43.2 Å². The summed E-state index contributed by atoms with van der Waals surface area (Å²) >= 11 is 1.35. The minimum Gasteiger partial charge on any atom is -0.325 e. The van der Waals surface area contributed by atoms with Crippen molar-refractivity contribution in [1.82, 2.24) is 0 Å². The lowest BCUT2D eigenvalue weighted by molar-refractivity contribution is -0.113. The lowest BCUT2D eigenvalue weighted by Crippen LogP contribution is -2.39. The lowest BCUT2D eigenvalue weighted by atomic mass is 10.1. The van der Waals surface area contributed by atoms with E-state index >= 15 is 0 Å². The minimum atomic E-state index is -3.09. The smallest absolute Gasteiger partial charge is 0.234 e. The molecule has 6 nitrogen and oxygen atoms in total. The summed E-state index contributed by atoms with van der Waals surface area (Å²) in [7, 11) is -3.09. The maximum atomic E-state index is 12.5. The molecule has 1 saturated heterocycles. The summed E-state index contributed by atoms with van der Waals surface area (Å²) in [6, 6.07) is 15.0. The van der Waals surface area contributed by atoms with Crippen LogP contribution in [-0.2, 0) is 14.6 Å². The Hall–Kier alpha value is -2.32. The van der Waals surface area contributed by atoms with Gasteiger partial charge in [0.15, 0.2) is 15.0 Å². The first-order chi connectivity index (χ1) is 13.8. The molecule has 2 aromatic rings. The quantitative estimate of drug-likeness (QED) is 0.808. The molecule has 1 N–H and O–H groups in total. The topological polar surface area (TPSA) is 78.8 Å². The number of amidine groups is 1. The first-order valence-corrected chi connectivity index (χ1v) is 12.3. The van der Waals surface area contributed by atoms with Gasteiger partial charge < -0.3 is 10.2 Å². The molecule has 1 fully saturated rings. The molecule has 0 unspecified atom stereocenters. The van der Waals surface area contributed by atoms with E-state index in [2.05, 4.69) is 10.3 Å². The predicted octanol–water partition coefficient (Wildman–Crippen LogP) is 3.02. The number of carbonyl (C=O) groups is 1. The normalized spacial score (nSPS) is 22.3. The number of benzene rings is 2. The Kier molecular flexibility index (Phi) is 5.40. The van der Waals surface area contributed by atoms with Crippen molar-refractivity contribution in [3.05, 3.63) is 59.7 Å². The number of hydrogen-bond acceptors (Lipinski definition) is 6. The summed E-state index contributed by atoms with van der Waals surface area (Å²) in [5.41, 5.74) is 3.89. The number of fused-ring (bicyclic) bond motifs is 1. The number of para-hydroxylation sites is 1. The van der Waals surface area contributed by atoms with Gasteiger partial charge in [-0.25, -0.2) is 8.42 Å². The average Bonchev–Trinajstić information content (AvgIpc) is 3.15. The third-order valence-electron chi connectivity index (χ3n) is 5.35. The second-order valence-corrected chi connectivity index (χ2v) is 10.5. The molecule has 2 aliphatic heterocycles. The van der Waals surface area contributed by atoms with Crippen molar-refractivity contribution in [2.24, 2.45) is 4.99 Å². The molecule has 8 heteroatoms. The molecule has 152 valence electrons. The largest absolute Gasteiger partial charge is 0.325 e. The van der Waals surface area contributed by atoms with Gasteiger partial charge >= 0.3 is 0 Å². The number of sulfone groups is 1. The molecular weight excluding hydrogens is 406 g/mol. The van der Waals surface area contributed by atoms with Crippen LogP contribution in [0, 0.1) is 13.8 Å². The zero-order chi connectivity index (χ0) is 20.6. The summed E-state index contributed by atoms with van der Waals surface area (Å²) in [5, 5.41) is 3.67. The highest BCUT2D eigenvalue weighted by Crippen LogP contribution is 2.35. The maximum absolute atomic E-state index is 12.5. The second-order valence-electron chi connectivity index (χ2n) is 7.41. The van der Waals surface area contributed by atoms with Crippen molar-refractivity contribution in [2.75, 3.05) is 27.5 Å². The summed E-state index contributed by atoms with van der Waals surface area (Å²) in [6.07, 6.45) is 0. The van der Waals surface area contributed by atoms with Crippen molar-refractivity contribution in [2.45, 2.75) is 25.9 Å². The minimum absolute atomic E-state index is 0.0692. The van der Waals surface area contributed by atoms with E-state index in [9.17, 15) is 13.2 Å². The van der Waals surface area contributed by atoms with Crippen molar-refractivity contribution in [1.29, 1.82) is 0 Å². The number of carbonyl (C=O) groups excluding carboxylic acids is 1. The van der Waals surface area contributed by atoms with E-state index in [1.165, 1.54) is 11.8 Å². The zero-order valence-corrected chi connectivity index (χ0v) is 18.0. The van der Waals surface area contributed by atoms with E-state index in [-0.39, 0.29) is 35.2 Å². The number of thioether (sulfide) groups is 1. The Morgan fingerprint density at radius 1 is 1.14 bits per heavy atom. The molecular formula is C21H23N3O3S2. The summed E-state index contributed by atoms with van der Waals surface area (Å²) in [4.78, 5) is 19.2. The van der Waals surface area contributed by atoms with Crippen molar-refractivity contribution < 1.29 is 13.2 Å². The molecule has 0 spiro atoms. The van der Waals surface area contributed by atoms with Crippen molar-refractivity contribution >= 4 is 44.0 Å². The SMILES string of the molecule is Cc1cccc(NC(=O)CSC2=N[C@@H]3CS(=O)(=O)C[C@H]3N2c2ccccc2)c1C. The van der Waals surface area contributed by atoms with Crippen LogP contribution in [0.5, 0.6) is 0 Å². The fourth-order valence-electron chi connectivity index (χ4n) is 3.73. The highest BCUT2D eigenvalue weighted by Gasteiger charge is 2.47. The van der Waals surface area contributed by atoms with Crippen LogP contribution in [0.15, 0.2) is 53.5 Å². The number of aliphatic imine (C=N–C) groups is 1. The molecule has 2 aromatic carbocycles. The van der Waals surface area contributed by atoms with Crippen LogP contribution in [0.4, 0.5) is 11.4 Å². The van der Waals surface area contributed by atoms with Gasteiger partial charge in [-0.2, -0.15) is 0 Å². The van der Waals surface area contributed by atoms with Crippen LogP contribution >= 0.6 is 11.8 Å². The van der Waals surface area contributed by atoms with Gasteiger partial charge in [-0.1, -0.05) is 42.1 Å². The summed E-state index contributed by atoms with van der Waals surface area (Å²) in [6.45, 7) is 4.00. The Bertz CT molecular complexity index is 1070. The van der Waals surface area contributed by atoms with Gasteiger partial charge in [-0.15, -0.1) is 0 Å². The van der Waals surface area contributed by atoms with E-state index in [1.807, 2.05) is 67.3 Å². The van der Waals surface area contributed by atoms with Crippen LogP contribution in [0.25, 0.3) is 0 Å². The lowest BCUT2D eigenvalue weighted by Gasteiger charge is -2.26. The molecule has 0 aliphatic carbocycles. The van der Waals surface area contributed by atoms with E-state index in [1.54, 1.807) is 0 Å². The van der Waals surface area contributed by atoms with E-state index in [0.29, 0.717) is 5.17 Å². The Morgan fingerprint density at radius 2 is 1.90 bits per heavy atom.